The number of halogens is 1. The molecule has 12 nitrogen and oxygen atoms in total. The molecule has 2 aromatic heterocycles. The Bertz CT molecular complexity index is 1390. The second kappa shape index (κ2) is 12.3. The number of carbonyl (C=O) groups is 2. The molecule has 0 radical (unpaired) electrons. The number of nitrogens with zero attached hydrogens (tertiary/aromatic N) is 3. The van der Waals surface area contributed by atoms with Crippen molar-refractivity contribution in [2.45, 2.75) is 32.2 Å². The molecular weight excluding hydrogens is 524 g/mol. The van der Waals surface area contributed by atoms with Crippen molar-refractivity contribution in [1.29, 1.82) is 0 Å². The van der Waals surface area contributed by atoms with Crippen molar-refractivity contribution in [2.24, 2.45) is 0 Å². The second-order valence-corrected chi connectivity index (χ2v) is 9.58. The number of urea groups is 1. The van der Waals surface area contributed by atoms with E-state index in [9.17, 15) is 9.59 Å². The number of anilines is 3. The maximum absolute atomic E-state index is 12.0. The fourth-order valence-corrected chi connectivity index (χ4v) is 4.17. The number of aromatic nitrogens is 3. The number of amides is 3. The van der Waals surface area contributed by atoms with Gasteiger partial charge in [0, 0.05) is 24.2 Å². The number of hydrogen-bond acceptors (Lipinski definition) is 9. The number of ether oxygens (including phenoxy) is 2. The molecule has 1 saturated heterocycles. The highest BCUT2D eigenvalue weighted by Crippen LogP contribution is 2.35. The summed E-state index contributed by atoms with van der Waals surface area (Å²) in [5, 5.41) is 19.6. The van der Waals surface area contributed by atoms with Crippen molar-refractivity contribution in [3.05, 3.63) is 46.7 Å². The van der Waals surface area contributed by atoms with E-state index in [1.807, 2.05) is 18.2 Å². The van der Waals surface area contributed by atoms with Crippen LogP contribution in [0.3, 0.4) is 0 Å². The van der Waals surface area contributed by atoms with Gasteiger partial charge in [-0.2, -0.15) is 9.61 Å². The number of benzene rings is 1. The molecule has 2 fully saturated rings. The van der Waals surface area contributed by atoms with Crippen molar-refractivity contribution < 1.29 is 19.1 Å². The highest BCUT2D eigenvalue weighted by molar-refractivity contribution is 6.34. The molecule has 0 unspecified atom stereocenters. The Labute approximate surface area is 230 Å². The van der Waals surface area contributed by atoms with Gasteiger partial charge in [-0.05, 0) is 44.0 Å². The van der Waals surface area contributed by atoms with Crippen LogP contribution in [-0.2, 0) is 9.53 Å². The van der Waals surface area contributed by atoms with Crippen LogP contribution in [0.1, 0.15) is 31.7 Å². The van der Waals surface area contributed by atoms with Gasteiger partial charge in [0.2, 0.25) is 0 Å². The van der Waals surface area contributed by atoms with Crippen molar-refractivity contribution in [3.63, 3.8) is 0 Å². The third-order valence-electron chi connectivity index (χ3n) is 6.01. The van der Waals surface area contributed by atoms with E-state index in [2.05, 4.69) is 38.6 Å². The van der Waals surface area contributed by atoms with Crippen molar-refractivity contribution in [1.82, 2.24) is 30.5 Å². The molecule has 0 spiro atoms. The average molecular weight is 555 g/mol. The van der Waals surface area contributed by atoms with Crippen LogP contribution in [0.15, 0.2) is 36.2 Å². The smallest absolute Gasteiger partial charge is 0.326 e. The topological polar surface area (TPSA) is 143 Å². The lowest BCUT2D eigenvalue weighted by atomic mass is 10.2. The zero-order valence-corrected chi connectivity index (χ0v) is 22.3. The van der Waals surface area contributed by atoms with Crippen molar-refractivity contribution in [2.75, 3.05) is 43.5 Å². The fourth-order valence-electron chi connectivity index (χ4n) is 3.94. The lowest BCUT2D eigenvalue weighted by molar-refractivity contribution is -0.115. The first-order valence-corrected chi connectivity index (χ1v) is 13.4. The summed E-state index contributed by atoms with van der Waals surface area (Å²) in [6, 6.07) is 7.12. The standard InChI is InChI=1S/C26H31ClN8O4/c1-2-8-28-9-10-38-11-12-39-20-5-3-4-18(23(20)27)31-21-14-22(30-17-6-7-17)35-24(33-21)16(15-29-35)13-19-25(36)34-26(37)32-19/h3-5,13-15,17,28,30H,2,6-12H2,1H3,(H,31,33)(H2,32,34,36,37)/b19-13-. The largest absolute Gasteiger partial charge is 0.490 e. The van der Waals surface area contributed by atoms with Crippen LogP contribution in [0, 0.1) is 0 Å². The highest BCUT2D eigenvalue weighted by atomic mass is 35.5. The Balaban J connectivity index is 1.32. The Morgan fingerprint density at radius 1 is 1.18 bits per heavy atom. The van der Waals surface area contributed by atoms with Crippen LogP contribution in [0.4, 0.5) is 22.1 Å². The molecule has 13 heteroatoms. The van der Waals surface area contributed by atoms with E-state index in [4.69, 9.17) is 26.1 Å². The maximum atomic E-state index is 12.0. The zero-order chi connectivity index (χ0) is 27.2. The van der Waals surface area contributed by atoms with Crippen molar-refractivity contribution >= 4 is 52.6 Å². The number of carbonyl (C=O) groups excluding carboxylic acids is 2. The summed E-state index contributed by atoms with van der Waals surface area (Å²) in [5.41, 5.74) is 1.81. The van der Waals surface area contributed by atoms with E-state index in [1.54, 1.807) is 22.9 Å². The van der Waals surface area contributed by atoms with Gasteiger partial charge in [0.1, 0.15) is 34.7 Å². The number of hydrogen-bond donors (Lipinski definition) is 5. The summed E-state index contributed by atoms with van der Waals surface area (Å²) in [6.07, 6.45) is 6.37. The number of nitrogens with one attached hydrogen (secondary N) is 5. The van der Waals surface area contributed by atoms with Gasteiger partial charge in [0.25, 0.3) is 5.91 Å². The van der Waals surface area contributed by atoms with Gasteiger partial charge >= 0.3 is 6.03 Å². The molecule has 3 heterocycles. The van der Waals surface area contributed by atoms with Crippen LogP contribution in [-0.4, -0.2) is 65.5 Å². The quantitative estimate of drug-likeness (QED) is 0.115. The van der Waals surface area contributed by atoms with Crippen molar-refractivity contribution in [3.8, 4) is 5.75 Å². The monoisotopic (exact) mass is 554 g/mol. The third kappa shape index (κ3) is 6.77. The molecule has 39 heavy (non-hydrogen) atoms. The highest BCUT2D eigenvalue weighted by Gasteiger charge is 2.25. The predicted octanol–water partition coefficient (Wildman–Crippen LogP) is 3.28. The molecule has 5 rings (SSSR count). The first-order valence-electron chi connectivity index (χ1n) is 13.0. The van der Waals surface area contributed by atoms with Crippen LogP contribution in [0.2, 0.25) is 5.02 Å². The summed E-state index contributed by atoms with van der Waals surface area (Å²) < 4.78 is 13.1. The van der Waals surface area contributed by atoms with Gasteiger partial charge in [0.05, 0.1) is 25.1 Å². The summed E-state index contributed by atoms with van der Waals surface area (Å²) in [5.74, 6) is 1.29. The predicted molar refractivity (Wildman–Crippen MR) is 148 cm³/mol. The van der Waals surface area contributed by atoms with E-state index < -0.39 is 11.9 Å². The number of imide groups is 1. The molecular formula is C26H31ClN8O4. The molecule has 5 N–H and O–H groups in total. The minimum absolute atomic E-state index is 0.126. The fraction of sp³-hybridized carbons (Fsp3) is 0.385. The normalized spacial score (nSPS) is 16.0. The Morgan fingerprint density at radius 2 is 2.05 bits per heavy atom. The van der Waals surface area contributed by atoms with Gasteiger partial charge in [-0.3, -0.25) is 10.1 Å². The maximum Gasteiger partial charge on any atom is 0.326 e. The van der Waals surface area contributed by atoms with Crippen LogP contribution in [0.25, 0.3) is 11.7 Å². The molecule has 3 aromatic rings. The van der Waals surface area contributed by atoms with E-state index in [1.165, 1.54) is 0 Å². The summed E-state index contributed by atoms with van der Waals surface area (Å²) in [4.78, 5) is 28.3. The number of rotatable bonds is 14. The number of fused-ring (bicyclic) bond motifs is 1. The van der Waals surface area contributed by atoms with E-state index >= 15 is 0 Å². The van der Waals surface area contributed by atoms with Gasteiger partial charge in [-0.25, -0.2) is 9.78 Å². The third-order valence-corrected chi connectivity index (χ3v) is 6.40. The summed E-state index contributed by atoms with van der Waals surface area (Å²) in [6.45, 7) is 5.35. The van der Waals surface area contributed by atoms with E-state index in [0.29, 0.717) is 59.4 Å². The first-order chi connectivity index (χ1) is 19.0. The van der Waals surface area contributed by atoms with E-state index in [0.717, 1.165) is 38.2 Å². The molecule has 2 aliphatic rings. The molecule has 1 saturated carbocycles. The lowest BCUT2D eigenvalue weighted by Gasteiger charge is -2.14. The van der Waals surface area contributed by atoms with Gasteiger partial charge in [0.15, 0.2) is 5.65 Å². The Kier molecular flexibility index (Phi) is 8.45. The molecule has 0 bridgehead atoms. The zero-order valence-electron chi connectivity index (χ0n) is 21.6. The van der Waals surface area contributed by atoms with Crippen LogP contribution >= 0.6 is 11.6 Å². The first kappa shape index (κ1) is 26.7. The van der Waals surface area contributed by atoms with Gasteiger partial charge < -0.3 is 30.7 Å². The van der Waals surface area contributed by atoms with Crippen LogP contribution < -0.4 is 31.3 Å². The molecule has 0 atom stereocenters. The molecule has 3 amide bonds. The minimum Gasteiger partial charge on any atom is -0.490 e. The molecule has 1 aliphatic carbocycles. The lowest BCUT2D eigenvalue weighted by Crippen LogP contribution is -2.22. The molecule has 206 valence electrons. The van der Waals surface area contributed by atoms with Gasteiger partial charge in [-0.1, -0.05) is 24.6 Å². The average Bonchev–Trinajstić information content (AvgIpc) is 3.55. The summed E-state index contributed by atoms with van der Waals surface area (Å²) >= 11 is 6.67. The minimum atomic E-state index is -0.568. The molecule has 1 aliphatic heterocycles. The Hall–Kier alpha value is -3.87. The van der Waals surface area contributed by atoms with Crippen LogP contribution in [0.5, 0.6) is 5.75 Å². The van der Waals surface area contributed by atoms with E-state index in [-0.39, 0.29) is 5.70 Å². The molecule has 1 aromatic carbocycles. The Morgan fingerprint density at radius 3 is 2.82 bits per heavy atom. The summed E-state index contributed by atoms with van der Waals surface area (Å²) in [7, 11) is 0. The van der Waals surface area contributed by atoms with Gasteiger partial charge in [-0.15, -0.1) is 0 Å². The second-order valence-electron chi connectivity index (χ2n) is 9.20. The SMILES string of the molecule is CCCNCCOCCOc1cccc(Nc2cc(NC3CC3)n3ncc(/C=C4\NC(=O)NC4=O)c3n2)c1Cl.